The summed E-state index contributed by atoms with van der Waals surface area (Å²) in [7, 11) is 0. The summed E-state index contributed by atoms with van der Waals surface area (Å²) in [4.78, 5) is 13.2. The van der Waals surface area contributed by atoms with Crippen molar-refractivity contribution in [1.82, 2.24) is 5.32 Å². The van der Waals surface area contributed by atoms with Gasteiger partial charge in [-0.2, -0.15) is 0 Å². The minimum absolute atomic E-state index is 0.0418. The van der Waals surface area contributed by atoms with Gasteiger partial charge in [0.25, 0.3) is 5.91 Å². The van der Waals surface area contributed by atoms with Gasteiger partial charge in [-0.3, -0.25) is 4.79 Å². The van der Waals surface area contributed by atoms with E-state index in [0.29, 0.717) is 24.6 Å². The van der Waals surface area contributed by atoms with E-state index >= 15 is 0 Å². The molecule has 0 bridgehead atoms. The molecule has 4 heteroatoms. The zero-order chi connectivity index (χ0) is 15.8. The van der Waals surface area contributed by atoms with Crippen LogP contribution in [0.2, 0.25) is 0 Å². The fourth-order valence-electron chi connectivity index (χ4n) is 1.90. The van der Waals surface area contributed by atoms with Crippen molar-refractivity contribution >= 4 is 17.7 Å². The van der Waals surface area contributed by atoms with E-state index in [9.17, 15) is 4.79 Å². The van der Waals surface area contributed by atoms with Crippen LogP contribution in [0.15, 0.2) is 59.5 Å². The van der Waals surface area contributed by atoms with Crippen LogP contribution in [0.25, 0.3) is 0 Å². The van der Waals surface area contributed by atoms with E-state index in [1.165, 1.54) is 5.56 Å². The largest absolute Gasteiger partial charge is 0.352 e. The maximum absolute atomic E-state index is 12.0. The lowest BCUT2D eigenvalue weighted by atomic mass is 10.1. The first-order valence-electron chi connectivity index (χ1n) is 7.44. The summed E-state index contributed by atoms with van der Waals surface area (Å²) in [5.41, 5.74) is 7.53. The molecule has 116 valence electrons. The highest BCUT2D eigenvalue weighted by Gasteiger charge is 2.07. The third kappa shape index (κ3) is 5.20. The molecule has 0 saturated heterocycles. The highest BCUT2D eigenvalue weighted by molar-refractivity contribution is 7.98. The van der Waals surface area contributed by atoms with Crippen molar-refractivity contribution in [2.45, 2.75) is 17.6 Å². The second kappa shape index (κ2) is 8.61. The zero-order valence-electron chi connectivity index (χ0n) is 12.8. The molecule has 0 aliphatic rings. The molecule has 0 heterocycles. The number of nitrogens with one attached hydrogen (secondary N) is 1. The third-order valence-electron chi connectivity index (χ3n) is 3.38. The Balaban J connectivity index is 1.86. The van der Waals surface area contributed by atoms with Gasteiger partial charge in [-0.1, -0.05) is 37.3 Å². The van der Waals surface area contributed by atoms with Crippen LogP contribution >= 0.6 is 11.8 Å². The molecule has 0 radical (unpaired) electrons. The van der Waals surface area contributed by atoms with Crippen LogP contribution in [-0.4, -0.2) is 19.0 Å². The average molecular weight is 314 g/mol. The van der Waals surface area contributed by atoms with Gasteiger partial charge >= 0.3 is 0 Å². The van der Waals surface area contributed by atoms with E-state index in [1.807, 2.05) is 49.4 Å². The molecule has 3 N–H and O–H groups in total. The number of hydrogen-bond donors (Lipinski definition) is 2. The first-order chi connectivity index (χ1) is 10.7. The molecule has 2 rings (SSSR count). The molecule has 0 aromatic heterocycles. The fourth-order valence-corrected chi connectivity index (χ4v) is 2.75. The molecule has 1 atom stereocenters. The van der Waals surface area contributed by atoms with Crippen LogP contribution in [-0.2, 0) is 5.75 Å². The quantitative estimate of drug-likeness (QED) is 0.771. The maximum Gasteiger partial charge on any atom is 0.251 e. The molecule has 0 fully saturated rings. The molecular formula is C18H22N2OS. The summed E-state index contributed by atoms with van der Waals surface area (Å²) in [5.74, 6) is 1.19. The molecule has 0 aliphatic heterocycles. The molecular weight excluding hydrogens is 292 g/mol. The van der Waals surface area contributed by atoms with Gasteiger partial charge in [-0.05, 0) is 42.3 Å². The monoisotopic (exact) mass is 314 g/mol. The highest BCUT2D eigenvalue weighted by atomic mass is 32.2. The smallest absolute Gasteiger partial charge is 0.251 e. The molecule has 1 amide bonds. The Bertz CT molecular complexity index is 584. The van der Waals surface area contributed by atoms with E-state index in [0.717, 1.165) is 10.6 Å². The lowest BCUT2D eigenvalue weighted by molar-refractivity contribution is 0.0948. The van der Waals surface area contributed by atoms with Crippen LogP contribution in [0, 0.1) is 5.92 Å². The molecule has 0 saturated carbocycles. The molecule has 22 heavy (non-hydrogen) atoms. The second-order valence-electron chi connectivity index (χ2n) is 5.35. The van der Waals surface area contributed by atoms with Crippen LogP contribution < -0.4 is 11.1 Å². The number of carbonyl (C=O) groups is 1. The minimum atomic E-state index is -0.0418. The first kappa shape index (κ1) is 16.6. The average Bonchev–Trinajstić information content (AvgIpc) is 2.59. The topological polar surface area (TPSA) is 55.1 Å². The number of rotatable bonds is 7. The van der Waals surface area contributed by atoms with Gasteiger partial charge in [-0.25, -0.2) is 0 Å². The van der Waals surface area contributed by atoms with Crippen LogP contribution in [0.5, 0.6) is 0 Å². The van der Waals surface area contributed by atoms with E-state index in [-0.39, 0.29) is 5.91 Å². The van der Waals surface area contributed by atoms with Gasteiger partial charge in [0.05, 0.1) is 0 Å². The van der Waals surface area contributed by atoms with Gasteiger partial charge in [0.15, 0.2) is 0 Å². The second-order valence-corrected chi connectivity index (χ2v) is 6.40. The van der Waals surface area contributed by atoms with Gasteiger partial charge in [-0.15, -0.1) is 11.8 Å². The van der Waals surface area contributed by atoms with Crippen molar-refractivity contribution in [3.63, 3.8) is 0 Å². The van der Waals surface area contributed by atoms with Crippen LogP contribution in [0.4, 0.5) is 0 Å². The van der Waals surface area contributed by atoms with Gasteiger partial charge in [0.2, 0.25) is 0 Å². The van der Waals surface area contributed by atoms with Gasteiger partial charge in [0, 0.05) is 22.8 Å². The maximum atomic E-state index is 12.0. The number of carbonyl (C=O) groups excluding carboxylic acids is 1. The number of benzene rings is 2. The zero-order valence-corrected chi connectivity index (χ0v) is 13.6. The Morgan fingerprint density at radius 2 is 1.82 bits per heavy atom. The SMILES string of the molecule is CC(CN)CNC(=O)c1ccc(SCc2ccccc2)cc1. The standard InChI is InChI=1S/C18H22N2OS/c1-14(11-19)12-20-18(21)16-7-9-17(10-8-16)22-13-15-5-3-2-4-6-15/h2-10,14H,11-13,19H2,1H3,(H,20,21). The Hall–Kier alpha value is -1.78. The lowest BCUT2D eigenvalue weighted by Gasteiger charge is -2.10. The predicted molar refractivity (Wildman–Crippen MR) is 93.0 cm³/mol. The molecule has 1 unspecified atom stereocenters. The van der Waals surface area contributed by atoms with Crippen LogP contribution in [0.3, 0.4) is 0 Å². The van der Waals surface area contributed by atoms with E-state index in [2.05, 4.69) is 17.4 Å². The van der Waals surface area contributed by atoms with Crippen molar-refractivity contribution in [2.75, 3.05) is 13.1 Å². The third-order valence-corrected chi connectivity index (χ3v) is 4.46. The molecule has 0 aliphatic carbocycles. The molecule has 3 nitrogen and oxygen atoms in total. The van der Waals surface area contributed by atoms with E-state index in [1.54, 1.807) is 11.8 Å². The van der Waals surface area contributed by atoms with Crippen molar-refractivity contribution < 1.29 is 4.79 Å². The van der Waals surface area contributed by atoms with Crippen LogP contribution in [0.1, 0.15) is 22.8 Å². The van der Waals surface area contributed by atoms with Crippen molar-refractivity contribution in [3.05, 3.63) is 65.7 Å². The molecule has 0 spiro atoms. The van der Waals surface area contributed by atoms with Crippen molar-refractivity contribution in [2.24, 2.45) is 11.7 Å². The Morgan fingerprint density at radius 3 is 2.45 bits per heavy atom. The lowest BCUT2D eigenvalue weighted by Crippen LogP contribution is -2.31. The van der Waals surface area contributed by atoms with E-state index < -0.39 is 0 Å². The Kier molecular flexibility index (Phi) is 6.49. The minimum Gasteiger partial charge on any atom is -0.352 e. The number of amides is 1. The molecule has 2 aromatic rings. The number of nitrogens with two attached hydrogens (primary N) is 1. The highest BCUT2D eigenvalue weighted by Crippen LogP contribution is 2.22. The van der Waals surface area contributed by atoms with Gasteiger partial charge < -0.3 is 11.1 Å². The summed E-state index contributed by atoms with van der Waals surface area (Å²) in [6, 6.07) is 18.1. The van der Waals surface area contributed by atoms with E-state index in [4.69, 9.17) is 5.73 Å². The van der Waals surface area contributed by atoms with Gasteiger partial charge in [0.1, 0.15) is 0 Å². The number of hydrogen-bond acceptors (Lipinski definition) is 3. The fraction of sp³-hybridized carbons (Fsp3) is 0.278. The Morgan fingerprint density at radius 1 is 1.14 bits per heavy atom. The summed E-state index contributed by atoms with van der Waals surface area (Å²) >= 11 is 1.77. The Labute approximate surface area is 136 Å². The summed E-state index contributed by atoms with van der Waals surface area (Å²) < 4.78 is 0. The predicted octanol–water partition coefficient (Wildman–Crippen LogP) is 3.30. The van der Waals surface area contributed by atoms with Crippen molar-refractivity contribution in [1.29, 1.82) is 0 Å². The summed E-state index contributed by atoms with van der Waals surface area (Å²) in [5, 5.41) is 2.90. The summed E-state index contributed by atoms with van der Waals surface area (Å²) in [6.45, 7) is 3.21. The summed E-state index contributed by atoms with van der Waals surface area (Å²) in [6.07, 6.45) is 0. The molecule has 2 aromatic carbocycles. The number of thioether (sulfide) groups is 1. The van der Waals surface area contributed by atoms with Crippen molar-refractivity contribution in [3.8, 4) is 0 Å². The normalized spacial score (nSPS) is 11.9. The first-order valence-corrected chi connectivity index (χ1v) is 8.42.